The van der Waals surface area contributed by atoms with Gasteiger partial charge in [-0.2, -0.15) is 0 Å². The summed E-state index contributed by atoms with van der Waals surface area (Å²) in [5.41, 5.74) is 6.45. The van der Waals surface area contributed by atoms with E-state index in [-0.39, 0.29) is 16.3 Å². The molecule has 2 N–H and O–H groups in total. The molecular formula is C13H10BrClFNOS. The fraction of sp³-hybridized carbons (Fsp3) is 0.0769. The largest absolute Gasteiger partial charge is 0.398 e. The number of benzene rings is 2. The molecule has 0 heterocycles. The summed E-state index contributed by atoms with van der Waals surface area (Å²) in [5.74, 6) is -0.464. The number of anilines is 1. The highest BCUT2D eigenvalue weighted by molar-refractivity contribution is 9.10. The highest BCUT2D eigenvalue weighted by Gasteiger charge is 2.14. The van der Waals surface area contributed by atoms with E-state index in [0.717, 1.165) is 4.47 Å². The fourth-order valence-electron chi connectivity index (χ4n) is 1.61. The topological polar surface area (TPSA) is 43.1 Å². The lowest BCUT2D eigenvalue weighted by Gasteiger charge is -2.08. The van der Waals surface area contributed by atoms with Gasteiger partial charge in [-0.3, -0.25) is 4.21 Å². The minimum atomic E-state index is -1.45. The summed E-state index contributed by atoms with van der Waals surface area (Å²) in [6.07, 6.45) is 0. The van der Waals surface area contributed by atoms with Crippen LogP contribution in [0.5, 0.6) is 0 Å². The highest BCUT2D eigenvalue weighted by Crippen LogP contribution is 2.26. The molecule has 0 aliphatic carbocycles. The smallest absolute Gasteiger partial charge is 0.128 e. The molecule has 0 aromatic heterocycles. The molecule has 2 aromatic rings. The SMILES string of the molecule is Nc1cc(Br)ccc1S(=O)Cc1c(F)cccc1Cl. The minimum absolute atomic E-state index is 0.00264. The number of nitrogens with two attached hydrogens (primary N) is 1. The summed E-state index contributed by atoms with van der Waals surface area (Å²) in [4.78, 5) is 0.475. The Morgan fingerprint density at radius 3 is 2.68 bits per heavy atom. The van der Waals surface area contributed by atoms with Crippen molar-refractivity contribution in [2.75, 3.05) is 5.73 Å². The van der Waals surface area contributed by atoms with E-state index in [1.54, 1.807) is 24.3 Å². The predicted molar refractivity (Wildman–Crippen MR) is 80.1 cm³/mol. The van der Waals surface area contributed by atoms with Gasteiger partial charge in [0.05, 0.1) is 21.4 Å². The quantitative estimate of drug-likeness (QED) is 0.834. The molecule has 6 heteroatoms. The molecule has 100 valence electrons. The van der Waals surface area contributed by atoms with Crippen molar-refractivity contribution in [3.05, 3.63) is 57.3 Å². The van der Waals surface area contributed by atoms with Gasteiger partial charge >= 0.3 is 0 Å². The van der Waals surface area contributed by atoms with E-state index in [1.807, 2.05) is 0 Å². The maximum absolute atomic E-state index is 13.6. The van der Waals surface area contributed by atoms with Gasteiger partial charge in [0, 0.05) is 20.7 Å². The van der Waals surface area contributed by atoms with Gasteiger partial charge in [-0.05, 0) is 30.3 Å². The third-order valence-corrected chi connectivity index (χ3v) is 4.81. The van der Waals surface area contributed by atoms with Crippen molar-refractivity contribution in [3.63, 3.8) is 0 Å². The lowest BCUT2D eigenvalue weighted by atomic mass is 10.2. The Morgan fingerprint density at radius 2 is 2.05 bits per heavy atom. The summed E-state index contributed by atoms with van der Waals surface area (Å²) >= 11 is 9.19. The maximum atomic E-state index is 13.6. The van der Waals surface area contributed by atoms with E-state index in [2.05, 4.69) is 15.9 Å². The third-order valence-electron chi connectivity index (χ3n) is 2.55. The third kappa shape index (κ3) is 3.35. The van der Waals surface area contributed by atoms with Crippen LogP contribution in [0.15, 0.2) is 45.8 Å². The van der Waals surface area contributed by atoms with Crippen LogP contribution in [0, 0.1) is 5.82 Å². The van der Waals surface area contributed by atoms with Gasteiger partial charge < -0.3 is 5.73 Å². The molecule has 0 radical (unpaired) electrons. The Bertz CT molecular complexity index is 630. The predicted octanol–water partition coefficient (Wildman–Crippen LogP) is 4.13. The van der Waals surface area contributed by atoms with Crippen molar-refractivity contribution in [2.45, 2.75) is 10.6 Å². The zero-order valence-corrected chi connectivity index (χ0v) is 12.9. The van der Waals surface area contributed by atoms with E-state index in [4.69, 9.17) is 17.3 Å². The van der Waals surface area contributed by atoms with E-state index < -0.39 is 16.6 Å². The monoisotopic (exact) mass is 361 g/mol. The van der Waals surface area contributed by atoms with Gasteiger partial charge in [-0.1, -0.05) is 33.6 Å². The second-order valence-corrected chi connectivity index (χ2v) is 6.61. The Morgan fingerprint density at radius 1 is 1.32 bits per heavy atom. The number of hydrogen-bond donors (Lipinski definition) is 1. The number of rotatable bonds is 3. The zero-order chi connectivity index (χ0) is 14.0. The highest BCUT2D eigenvalue weighted by atomic mass is 79.9. The van der Waals surface area contributed by atoms with Crippen LogP contribution in [0.3, 0.4) is 0 Å². The summed E-state index contributed by atoms with van der Waals surface area (Å²) in [6, 6.07) is 9.44. The summed E-state index contributed by atoms with van der Waals surface area (Å²) in [6.45, 7) is 0. The molecule has 1 atom stereocenters. The second kappa shape index (κ2) is 6.03. The van der Waals surface area contributed by atoms with Crippen LogP contribution >= 0.6 is 27.5 Å². The van der Waals surface area contributed by atoms with Crippen LogP contribution in [0.25, 0.3) is 0 Å². The average Bonchev–Trinajstić information content (AvgIpc) is 2.33. The standard InChI is InChI=1S/C13H10BrClFNOS/c14-8-4-5-13(12(17)6-8)19(18)7-9-10(15)2-1-3-11(9)16/h1-6H,7,17H2. The van der Waals surface area contributed by atoms with E-state index in [9.17, 15) is 8.60 Å². The lowest BCUT2D eigenvalue weighted by Crippen LogP contribution is -2.03. The van der Waals surface area contributed by atoms with Crippen molar-refractivity contribution in [2.24, 2.45) is 0 Å². The van der Waals surface area contributed by atoms with Crippen molar-refractivity contribution in [3.8, 4) is 0 Å². The van der Waals surface area contributed by atoms with E-state index in [1.165, 1.54) is 12.1 Å². The van der Waals surface area contributed by atoms with E-state index in [0.29, 0.717) is 10.6 Å². The van der Waals surface area contributed by atoms with Gasteiger partial charge in [0.1, 0.15) is 5.82 Å². The maximum Gasteiger partial charge on any atom is 0.128 e. The number of halogens is 3. The molecular weight excluding hydrogens is 353 g/mol. The number of hydrogen-bond acceptors (Lipinski definition) is 2. The molecule has 0 aliphatic rings. The molecule has 2 rings (SSSR count). The fourth-order valence-corrected chi connectivity index (χ4v) is 3.55. The van der Waals surface area contributed by atoms with Crippen LogP contribution in [-0.4, -0.2) is 4.21 Å². The molecule has 2 aromatic carbocycles. The van der Waals surface area contributed by atoms with Crippen molar-refractivity contribution in [1.82, 2.24) is 0 Å². The van der Waals surface area contributed by atoms with Gasteiger partial charge in [0.15, 0.2) is 0 Å². The zero-order valence-electron chi connectivity index (χ0n) is 9.70. The first kappa shape index (κ1) is 14.5. The molecule has 2 nitrogen and oxygen atoms in total. The molecule has 0 aliphatic heterocycles. The number of nitrogen functional groups attached to an aromatic ring is 1. The molecule has 19 heavy (non-hydrogen) atoms. The summed E-state index contributed by atoms with van der Waals surface area (Å²) < 4.78 is 26.7. The van der Waals surface area contributed by atoms with Crippen LogP contribution in [-0.2, 0) is 16.6 Å². The normalized spacial score (nSPS) is 12.4. The van der Waals surface area contributed by atoms with Crippen molar-refractivity contribution in [1.29, 1.82) is 0 Å². The van der Waals surface area contributed by atoms with Crippen LogP contribution in [0.2, 0.25) is 5.02 Å². The summed E-state index contributed by atoms with van der Waals surface area (Å²) in [5, 5.41) is 0.268. The molecule has 0 fully saturated rings. The van der Waals surface area contributed by atoms with Gasteiger partial charge in [-0.25, -0.2) is 4.39 Å². The molecule has 0 amide bonds. The Balaban J connectivity index is 2.31. The molecule has 0 spiro atoms. The van der Waals surface area contributed by atoms with Gasteiger partial charge in [0.2, 0.25) is 0 Å². The molecule has 0 bridgehead atoms. The average molecular weight is 363 g/mol. The molecule has 1 unspecified atom stereocenters. The Labute approximate surface area is 126 Å². The van der Waals surface area contributed by atoms with Crippen LogP contribution in [0.1, 0.15) is 5.56 Å². The first-order valence-electron chi connectivity index (χ1n) is 5.35. The Kier molecular flexibility index (Phi) is 4.60. The van der Waals surface area contributed by atoms with Crippen LogP contribution in [0.4, 0.5) is 10.1 Å². The van der Waals surface area contributed by atoms with Crippen LogP contribution < -0.4 is 5.73 Å². The van der Waals surface area contributed by atoms with Crippen molar-refractivity contribution >= 4 is 44.0 Å². The molecule has 0 saturated heterocycles. The minimum Gasteiger partial charge on any atom is -0.398 e. The molecule has 0 saturated carbocycles. The van der Waals surface area contributed by atoms with Gasteiger partial charge in [-0.15, -0.1) is 0 Å². The lowest BCUT2D eigenvalue weighted by molar-refractivity contribution is 0.615. The van der Waals surface area contributed by atoms with Crippen molar-refractivity contribution < 1.29 is 8.60 Å². The first-order valence-corrected chi connectivity index (χ1v) is 7.84. The van der Waals surface area contributed by atoms with Gasteiger partial charge in [0.25, 0.3) is 0 Å². The summed E-state index contributed by atoms with van der Waals surface area (Å²) in [7, 11) is -1.45. The first-order chi connectivity index (χ1) is 8.99. The second-order valence-electron chi connectivity index (χ2n) is 3.87. The van der Waals surface area contributed by atoms with E-state index >= 15 is 0 Å². The Hall–Kier alpha value is -0.910.